The standard InChI is InChI=1S/C20H19N3O2S2/c1-4-23-18(24)17(19-22(2)15-7-5-6-8-16(15)26-19)27-20(23)21-13-9-11-14(25-3)12-10-13/h5-12H,4H2,1-3H3. The number of likely N-dealkylation sites (N-methyl/N-ethyl adjacent to an activating group) is 1. The van der Waals surface area contributed by atoms with Gasteiger partial charge in [0.1, 0.15) is 10.7 Å². The van der Waals surface area contributed by atoms with Crippen LogP contribution in [0, 0.1) is 0 Å². The highest BCUT2D eigenvalue weighted by Crippen LogP contribution is 2.49. The lowest BCUT2D eigenvalue weighted by molar-refractivity contribution is -0.122. The molecule has 2 aliphatic rings. The van der Waals surface area contributed by atoms with Gasteiger partial charge in [-0.1, -0.05) is 23.9 Å². The number of nitrogens with zero attached hydrogens (tertiary/aromatic N) is 3. The summed E-state index contributed by atoms with van der Waals surface area (Å²) >= 11 is 3.08. The van der Waals surface area contributed by atoms with Gasteiger partial charge in [-0.05, 0) is 55.1 Å². The quantitative estimate of drug-likeness (QED) is 0.703. The van der Waals surface area contributed by atoms with Gasteiger partial charge in [0, 0.05) is 18.5 Å². The molecule has 0 aliphatic carbocycles. The minimum Gasteiger partial charge on any atom is -0.497 e. The van der Waals surface area contributed by atoms with Crippen molar-refractivity contribution in [3.63, 3.8) is 0 Å². The summed E-state index contributed by atoms with van der Waals surface area (Å²) in [6.07, 6.45) is 0. The molecule has 1 amide bonds. The van der Waals surface area contributed by atoms with Crippen LogP contribution in [-0.4, -0.2) is 36.7 Å². The molecule has 27 heavy (non-hydrogen) atoms. The smallest absolute Gasteiger partial charge is 0.269 e. The number of rotatable bonds is 3. The number of amidine groups is 1. The Morgan fingerprint density at radius 1 is 1.07 bits per heavy atom. The average molecular weight is 398 g/mol. The first-order valence-electron chi connectivity index (χ1n) is 8.59. The number of amides is 1. The van der Waals surface area contributed by atoms with Crippen LogP contribution in [0.15, 0.2) is 68.4 Å². The summed E-state index contributed by atoms with van der Waals surface area (Å²) in [6, 6.07) is 15.7. The highest BCUT2D eigenvalue weighted by Gasteiger charge is 2.38. The van der Waals surface area contributed by atoms with Gasteiger partial charge >= 0.3 is 0 Å². The van der Waals surface area contributed by atoms with Gasteiger partial charge in [-0.3, -0.25) is 9.69 Å². The van der Waals surface area contributed by atoms with Crippen LogP contribution in [0.1, 0.15) is 6.92 Å². The Morgan fingerprint density at radius 2 is 1.81 bits per heavy atom. The molecule has 0 bridgehead atoms. The highest BCUT2D eigenvalue weighted by molar-refractivity contribution is 8.19. The molecule has 0 aromatic heterocycles. The minimum atomic E-state index is 0.0110. The average Bonchev–Trinajstić information content (AvgIpc) is 3.19. The summed E-state index contributed by atoms with van der Waals surface area (Å²) in [6.45, 7) is 2.55. The van der Waals surface area contributed by atoms with E-state index in [1.165, 1.54) is 16.7 Å². The molecule has 2 aromatic carbocycles. The van der Waals surface area contributed by atoms with Crippen LogP contribution in [0.5, 0.6) is 5.75 Å². The van der Waals surface area contributed by atoms with Crippen LogP contribution in [-0.2, 0) is 4.79 Å². The summed E-state index contributed by atoms with van der Waals surface area (Å²) in [5.74, 6) is 0.794. The Kier molecular flexibility index (Phi) is 4.88. The number of ether oxygens (including phenoxy) is 1. The molecular weight excluding hydrogens is 378 g/mol. The van der Waals surface area contributed by atoms with Crippen molar-refractivity contribution in [3.05, 3.63) is 58.5 Å². The Morgan fingerprint density at radius 3 is 2.48 bits per heavy atom. The summed E-state index contributed by atoms with van der Waals surface area (Å²) in [4.78, 5) is 23.4. The van der Waals surface area contributed by atoms with Crippen molar-refractivity contribution in [2.45, 2.75) is 11.8 Å². The summed E-state index contributed by atoms with van der Waals surface area (Å²) in [7, 11) is 3.64. The van der Waals surface area contributed by atoms with Crippen LogP contribution in [0.2, 0.25) is 0 Å². The molecule has 2 aromatic rings. The second-order valence-corrected chi connectivity index (χ2v) is 8.02. The van der Waals surface area contributed by atoms with E-state index in [1.807, 2.05) is 50.4 Å². The first-order valence-corrected chi connectivity index (χ1v) is 10.2. The van der Waals surface area contributed by atoms with Gasteiger partial charge in [0.25, 0.3) is 5.91 Å². The molecule has 0 saturated carbocycles. The first-order chi connectivity index (χ1) is 13.1. The minimum absolute atomic E-state index is 0.0110. The molecule has 1 saturated heterocycles. The summed E-state index contributed by atoms with van der Waals surface area (Å²) in [5.41, 5.74) is 1.92. The maximum Gasteiger partial charge on any atom is 0.269 e. The molecule has 0 N–H and O–H groups in total. The van der Waals surface area contributed by atoms with Gasteiger partial charge in [0.15, 0.2) is 5.17 Å². The lowest BCUT2D eigenvalue weighted by atomic mass is 10.3. The number of benzene rings is 2. The third-order valence-corrected chi connectivity index (χ3v) is 6.84. The van der Waals surface area contributed by atoms with Crippen molar-refractivity contribution in [3.8, 4) is 5.75 Å². The van der Waals surface area contributed by atoms with E-state index < -0.39 is 0 Å². The van der Waals surface area contributed by atoms with E-state index in [1.54, 1.807) is 23.8 Å². The number of thioether (sulfide) groups is 2. The number of carbonyl (C=O) groups excluding carboxylic acids is 1. The third-order valence-electron chi connectivity index (χ3n) is 4.41. The van der Waals surface area contributed by atoms with Gasteiger partial charge in [0.2, 0.25) is 0 Å². The fraction of sp³-hybridized carbons (Fsp3) is 0.200. The molecule has 1 fully saturated rings. The summed E-state index contributed by atoms with van der Waals surface area (Å²) < 4.78 is 5.19. The predicted molar refractivity (Wildman–Crippen MR) is 113 cm³/mol. The van der Waals surface area contributed by atoms with E-state index in [-0.39, 0.29) is 5.91 Å². The Hall–Kier alpha value is -2.38. The Balaban J connectivity index is 1.69. The second kappa shape index (κ2) is 7.32. The van der Waals surface area contributed by atoms with Crippen LogP contribution in [0.3, 0.4) is 0 Å². The zero-order valence-electron chi connectivity index (χ0n) is 15.3. The van der Waals surface area contributed by atoms with Crippen molar-refractivity contribution in [1.29, 1.82) is 0 Å². The second-order valence-electron chi connectivity index (χ2n) is 6.01. The van der Waals surface area contributed by atoms with Gasteiger partial charge in [-0.25, -0.2) is 4.99 Å². The van der Waals surface area contributed by atoms with E-state index in [2.05, 4.69) is 17.0 Å². The number of hydrogen-bond acceptors (Lipinski definition) is 6. The lowest BCUT2D eigenvalue weighted by Crippen LogP contribution is -2.29. The maximum absolute atomic E-state index is 13.0. The van der Waals surface area contributed by atoms with Crippen molar-refractivity contribution in [2.24, 2.45) is 4.99 Å². The fourth-order valence-corrected chi connectivity index (χ4v) is 5.37. The molecule has 2 heterocycles. The first kappa shape index (κ1) is 18.0. The number of para-hydroxylation sites is 1. The molecule has 0 unspecified atom stereocenters. The van der Waals surface area contributed by atoms with E-state index in [4.69, 9.17) is 9.73 Å². The van der Waals surface area contributed by atoms with Crippen LogP contribution in [0.4, 0.5) is 11.4 Å². The van der Waals surface area contributed by atoms with Gasteiger partial charge < -0.3 is 9.64 Å². The van der Waals surface area contributed by atoms with Crippen LogP contribution in [0.25, 0.3) is 0 Å². The Labute approximate surface area is 167 Å². The molecule has 138 valence electrons. The van der Waals surface area contributed by atoms with Crippen molar-refractivity contribution < 1.29 is 9.53 Å². The number of anilines is 1. The number of aliphatic imine (C=N–C) groups is 1. The van der Waals surface area contributed by atoms with Crippen LogP contribution >= 0.6 is 23.5 Å². The molecule has 7 heteroatoms. The molecule has 2 aliphatic heterocycles. The molecule has 4 rings (SSSR count). The molecule has 0 atom stereocenters. The monoisotopic (exact) mass is 397 g/mol. The largest absolute Gasteiger partial charge is 0.497 e. The molecule has 5 nitrogen and oxygen atoms in total. The fourth-order valence-electron chi connectivity index (χ4n) is 2.97. The summed E-state index contributed by atoms with van der Waals surface area (Å²) in [5, 5.41) is 1.67. The van der Waals surface area contributed by atoms with Gasteiger partial charge in [0.05, 0.1) is 23.5 Å². The maximum atomic E-state index is 13.0. The van der Waals surface area contributed by atoms with E-state index in [0.717, 1.165) is 27.1 Å². The molecule has 0 spiro atoms. The van der Waals surface area contributed by atoms with Crippen molar-refractivity contribution in [2.75, 3.05) is 25.6 Å². The van der Waals surface area contributed by atoms with E-state index in [0.29, 0.717) is 11.7 Å². The third kappa shape index (κ3) is 3.21. The van der Waals surface area contributed by atoms with Gasteiger partial charge in [-0.2, -0.15) is 0 Å². The molecule has 0 radical (unpaired) electrons. The predicted octanol–water partition coefficient (Wildman–Crippen LogP) is 4.69. The SMILES string of the molecule is CCN1C(=O)C(=C2Sc3ccccc3N2C)SC1=Nc1ccc(OC)cc1. The zero-order chi connectivity index (χ0) is 19.0. The number of hydrogen-bond donors (Lipinski definition) is 0. The number of methoxy groups -OCH3 is 1. The number of carbonyl (C=O) groups is 1. The van der Waals surface area contributed by atoms with Crippen molar-refractivity contribution in [1.82, 2.24) is 4.90 Å². The zero-order valence-corrected chi connectivity index (χ0v) is 16.9. The van der Waals surface area contributed by atoms with Gasteiger partial charge in [-0.15, -0.1) is 0 Å². The highest BCUT2D eigenvalue weighted by atomic mass is 32.2. The molecular formula is C20H19N3O2S2. The van der Waals surface area contributed by atoms with Crippen LogP contribution < -0.4 is 9.64 Å². The van der Waals surface area contributed by atoms with E-state index in [9.17, 15) is 4.79 Å². The van der Waals surface area contributed by atoms with Crippen molar-refractivity contribution >= 4 is 46.0 Å². The topological polar surface area (TPSA) is 45.1 Å². The van der Waals surface area contributed by atoms with E-state index >= 15 is 0 Å². The Bertz CT molecular complexity index is 954. The number of fused-ring (bicyclic) bond motifs is 1. The normalized spacial score (nSPS) is 20.6. The lowest BCUT2D eigenvalue weighted by Gasteiger charge is -2.15.